The van der Waals surface area contributed by atoms with E-state index in [0.717, 1.165) is 85.3 Å². The van der Waals surface area contributed by atoms with E-state index < -0.39 is 0 Å². The van der Waals surface area contributed by atoms with Gasteiger partial charge in [-0.3, -0.25) is 0 Å². The third-order valence-electron chi connectivity index (χ3n) is 17.1. The fourth-order valence-electron chi connectivity index (χ4n) is 12.2. The van der Waals surface area contributed by atoms with Crippen LogP contribution < -0.4 is 0 Å². The van der Waals surface area contributed by atoms with Gasteiger partial charge < -0.3 is 0 Å². The zero-order valence-corrected chi connectivity index (χ0v) is 48.6. The van der Waals surface area contributed by atoms with Crippen LogP contribution in [-0.4, -0.2) is 11.4 Å². The van der Waals surface area contributed by atoms with Crippen molar-refractivity contribution in [3.63, 3.8) is 0 Å². The molecule has 2 nitrogen and oxygen atoms in total. The van der Waals surface area contributed by atoms with E-state index in [9.17, 15) is 0 Å². The Morgan fingerprint density at radius 3 is 0.776 bits per heavy atom. The number of aryl methyl sites for hydroxylation is 10. The Bertz CT molecular complexity index is 3020. The second-order valence-corrected chi connectivity index (χ2v) is 22.3. The van der Waals surface area contributed by atoms with Crippen LogP contribution in [0.2, 0.25) is 0 Å². The fourth-order valence-corrected chi connectivity index (χ4v) is 12.2. The van der Waals surface area contributed by atoms with Crippen molar-refractivity contribution < 1.29 is 0 Å². The summed E-state index contributed by atoms with van der Waals surface area (Å²) in [6, 6.07) is 52.5. The van der Waals surface area contributed by atoms with Crippen LogP contribution in [0, 0.1) is 13.8 Å². The Labute approximate surface area is 457 Å². The van der Waals surface area contributed by atoms with Crippen molar-refractivity contribution in [1.82, 2.24) is 0 Å². The predicted molar refractivity (Wildman–Crippen MR) is 330 cm³/mol. The second kappa shape index (κ2) is 23.3. The Hall–Kier alpha value is -6.64. The summed E-state index contributed by atoms with van der Waals surface area (Å²) in [5.41, 5.74) is 30.4. The Kier molecular flexibility index (Phi) is 16.6. The van der Waals surface area contributed by atoms with Gasteiger partial charge in [-0.25, -0.2) is 9.98 Å². The van der Waals surface area contributed by atoms with Gasteiger partial charge in [-0.2, -0.15) is 0 Å². The Balaban J connectivity index is 1.38. The lowest BCUT2D eigenvalue weighted by Crippen LogP contribution is -2.13. The molecule has 0 radical (unpaired) electrons. The molecule has 0 spiro atoms. The molecule has 1 aliphatic carbocycles. The summed E-state index contributed by atoms with van der Waals surface area (Å²) in [6.07, 6.45) is 8.02. The van der Waals surface area contributed by atoms with Crippen molar-refractivity contribution in [3.05, 3.63) is 245 Å². The van der Waals surface area contributed by atoms with Crippen molar-refractivity contribution in [2.24, 2.45) is 9.98 Å². The lowest BCUT2D eigenvalue weighted by atomic mass is 9.82. The van der Waals surface area contributed by atoms with E-state index in [0.29, 0.717) is 0 Å². The molecule has 0 heterocycles. The van der Waals surface area contributed by atoms with E-state index in [4.69, 9.17) is 9.98 Å². The first kappa shape index (κ1) is 54.2. The quantitative estimate of drug-likeness (QED) is 0.0818. The predicted octanol–water partition coefficient (Wildman–Crippen LogP) is 19.8. The van der Waals surface area contributed by atoms with Crippen molar-refractivity contribution in [1.29, 1.82) is 0 Å². The van der Waals surface area contributed by atoms with Gasteiger partial charge in [-0.05, 0) is 160 Å². The molecule has 0 fully saturated rings. The van der Waals surface area contributed by atoms with Gasteiger partial charge in [0.1, 0.15) is 0 Å². The minimum atomic E-state index is 0.0888. The number of hydrogen-bond acceptors (Lipinski definition) is 2. The topological polar surface area (TPSA) is 24.7 Å². The number of rotatable bonds is 18. The second-order valence-electron chi connectivity index (χ2n) is 22.3. The average molecular weight is 1000 g/mol. The highest BCUT2D eigenvalue weighted by Crippen LogP contribution is 2.46. The Morgan fingerprint density at radius 2 is 0.553 bits per heavy atom. The first-order valence-corrected chi connectivity index (χ1v) is 29.2. The molecule has 0 unspecified atom stereocenters. The molecule has 0 saturated carbocycles. The van der Waals surface area contributed by atoms with Gasteiger partial charge in [-0.1, -0.05) is 228 Å². The van der Waals surface area contributed by atoms with Gasteiger partial charge in [0.2, 0.25) is 0 Å². The molecule has 1 aliphatic rings. The molecular weight excluding hydrogens is 917 g/mol. The van der Waals surface area contributed by atoms with E-state index in [1.165, 1.54) is 111 Å². The van der Waals surface area contributed by atoms with E-state index >= 15 is 0 Å². The first-order chi connectivity index (χ1) is 36.7. The molecule has 2 heteroatoms. The maximum absolute atomic E-state index is 6.24. The molecule has 9 rings (SSSR count). The molecule has 0 N–H and O–H groups in total. The highest BCUT2D eigenvalue weighted by Gasteiger charge is 2.32. The molecule has 0 saturated heterocycles. The van der Waals surface area contributed by atoms with Crippen LogP contribution >= 0.6 is 0 Å². The zero-order valence-electron chi connectivity index (χ0n) is 48.6. The molecule has 390 valence electrons. The molecule has 8 aromatic carbocycles. The third kappa shape index (κ3) is 10.8. The highest BCUT2D eigenvalue weighted by atomic mass is 14.9. The van der Waals surface area contributed by atoms with Crippen LogP contribution in [0.5, 0.6) is 0 Å². The maximum Gasteiger partial charge on any atom is 0.0979 e. The summed E-state index contributed by atoms with van der Waals surface area (Å²) in [4.78, 5) is 12.5. The molecule has 4 atom stereocenters. The van der Waals surface area contributed by atoms with Crippen molar-refractivity contribution in [2.75, 3.05) is 0 Å². The number of aliphatic imine (C=N–C) groups is 2. The zero-order chi connectivity index (χ0) is 53.9. The number of nitrogens with zero attached hydrogens (tertiary/aromatic N) is 2. The minimum absolute atomic E-state index is 0.0888. The van der Waals surface area contributed by atoms with Gasteiger partial charge in [-0.15, -0.1) is 0 Å². The molecule has 0 bridgehead atoms. The largest absolute Gasteiger partial charge is 0.245 e. The Morgan fingerprint density at radius 1 is 0.316 bits per heavy atom. The standard InChI is InChI=1S/C74H84N2/c1-15-51-33-52(16-2)38-60(37-51)47(11)66-29-45(9)30-67(48(12)61-39-53(17-3)34-54(18-4)40-61)71(66)75-73-64-27-23-25-59-26-24-28-65(70(59)64)74(73)76-72-68(49(13)62-41-55(19-5)35-56(20-6)42-62)31-46(10)32-69(72)50(14)63-43-57(21-7)36-58(22-8)44-63/h23-44,47-50H,15-22H2,1-14H3/t47-,48-,49-,50-/m1/s1. The van der Waals surface area contributed by atoms with Crippen LogP contribution in [0.25, 0.3) is 10.8 Å². The van der Waals surface area contributed by atoms with E-state index in [1.54, 1.807) is 0 Å². The number of hydrogen-bond donors (Lipinski definition) is 0. The van der Waals surface area contributed by atoms with Crippen molar-refractivity contribution in [3.8, 4) is 0 Å². The van der Waals surface area contributed by atoms with Gasteiger partial charge in [0.05, 0.1) is 22.8 Å². The fraction of sp³-hybridized carbons (Fsp3) is 0.351. The molecule has 0 aromatic heterocycles. The summed E-state index contributed by atoms with van der Waals surface area (Å²) in [6.45, 7) is 32.5. The summed E-state index contributed by atoms with van der Waals surface area (Å²) in [5, 5.41) is 2.44. The normalized spacial score (nSPS) is 15.0. The summed E-state index contributed by atoms with van der Waals surface area (Å²) >= 11 is 0. The van der Waals surface area contributed by atoms with Gasteiger partial charge in [0.15, 0.2) is 0 Å². The van der Waals surface area contributed by atoms with E-state index in [-0.39, 0.29) is 23.7 Å². The molecule has 0 aliphatic heterocycles. The van der Waals surface area contributed by atoms with E-state index in [2.05, 4.69) is 230 Å². The molecular formula is C74H84N2. The van der Waals surface area contributed by atoms with Crippen LogP contribution in [0.1, 0.15) is 218 Å². The van der Waals surface area contributed by atoms with Crippen molar-refractivity contribution >= 4 is 33.6 Å². The van der Waals surface area contributed by atoms with E-state index in [1.807, 2.05) is 0 Å². The SMILES string of the molecule is CCc1cc(CC)cc([C@@H](C)c2cc(C)cc([C@H](C)c3cc(CC)cc(CC)c3)c2N=C2C(=Nc3c([C@H](C)c4cc(CC)cc(CC)c4)cc(C)cc3[C@H](C)c3cc(CC)cc(CC)c3)c3cccc4cccc2c34)c1. The van der Waals surface area contributed by atoms with Crippen LogP contribution in [0.15, 0.2) is 143 Å². The van der Waals surface area contributed by atoms with Gasteiger partial charge >= 0.3 is 0 Å². The van der Waals surface area contributed by atoms with Crippen molar-refractivity contribution in [2.45, 2.75) is 172 Å². The average Bonchev–Trinajstić information content (AvgIpc) is 3.76. The third-order valence-corrected chi connectivity index (χ3v) is 17.1. The van der Waals surface area contributed by atoms with Crippen LogP contribution in [0.3, 0.4) is 0 Å². The molecule has 76 heavy (non-hydrogen) atoms. The number of benzene rings is 8. The molecule has 8 aromatic rings. The smallest absolute Gasteiger partial charge is 0.0979 e. The summed E-state index contributed by atoms with van der Waals surface area (Å²) in [7, 11) is 0. The maximum atomic E-state index is 6.24. The molecule has 0 amide bonds. The van der Waals surface area contributed by atoms with Gasteiger partial charge in [0.25, 0.3) is 0 Å². The highest BCUT2D eigenvalue weighted by molar-refractivity contribution is 6.61. The lowest BCUT2D eigenvalue weighted by molar-refractivity contribution is 0.873. The lowest BCUT2D eigenvalue weighted by Gasteiger charge is -2.25. The summed E-state index contributed by atoms with van der Waals surface area (Å²) in [5.74, 6) is 0.355. The first-order valence-electron chi connectivity index (χ1n) is 29.2. The minimum Gasteiger partial charge on any atom is -0.245 e. The monoisotopic (exact) mass is 1000 g/mol. The summed E-state index contributed by atoms with van der Waals surface area (Å²) < 4.78 is 0. The van der Waals surface area contributed by atoms with Gasteiger partial charge in [0, 0.05) is 40.2 Å². The van der Waals surface area contributed by atoms with Crippen LogP contribution in [0.4, 0.5) is 11.4 Å². The van der Waals surface area contributed by atoms with Crippen LogP contribution in [-0.2, 0) is 51.4 Å².